The van der Waals surface area contributed by atoms with E-state index in [-0.39, 0.29) is 5.97 Å². The second kappa shape index (κ2) is 8.71. The standard InChI is InChI=1S/C19H26O4/c1-6-22-18(21)19(4,5)17(23-15(3)14(2)20)13-12-16-10-8-7-9-11-16/h7-11,14-15,17,20H,6H2,1-5H3/t14-,15-,17-/m1/s1. The van der Waals surface area contributed by atoms with E-state index in [1.807, 2.05) is 30.3 Å². The zero-order chi connectivity index (χ0) is 17.5. The van der Waals surface area contributed by atoms with E-state index in [0.29, 0.717) is 6.61 Å². The minimum Gasteiger partial charge on any atom is -0.465 e. The molecule has 0 amide bonds. The van der Waals surface area contributed by atoms with Gasteiger partial charge in [-0.25, -0.2) is 0 Å². The molecule has 0 saturated heterocycles. The SMILES string of the molecule is CCOC(=O)C(C)(C)[C@@H](C#Cc1ccccc1)O[C@H](C)[C@@H](C)O. The van der Waals surface area contributed by atoms with E-state index in [1.54, 1.807) is 34.6 Å². The van der Waals surface area contributed by atoms with Crippen LogP contribution < -0.4 is 0 Å². The quantitative estimate of drug-likeness (QED) is 0.647. The number of esters is 1. The molecule has 0 radical (unpaired) electrons. The summed E-state index contributed by atoms with van der Waals surface area (Å²) < 4.78 is 11.0. The predicted molar refractivity (Wildman–Crippen MR) is 89.7 cm³/mol. The number of benzene rings is 1. The molecule has 0 fully saturated rings. The van der Waals surface area contributed by atoms with Crippen LogP contribution in [0.4, 0.5) is 0 Å². The number of aliphatic hydroxyl groups is 1. The summed E-state index contributed by atoms with van der Waals surface area (Å²) in [7, 11) is 0. The zero-order valence-corrected chi connectivity index (χ0v) is 14.5. The molecule has 1 aromatic carbocycles. The van der Waals surface area contributed by atoms with Crippen LogP contribution in [0.25, 0.3) is 0 Å². The van der Waals surface area contributed by atoms with Crippen LogP contribution in [-0.4, -0.2) is 36.0 Å². The minimum absolute atomic E-state index is 0.299. The summed E-state index contributed by atoms with van der Waals surface area (Å²) in [5.41, 5.74) is -0.105. The van der Waals surface area contributed by atoms with Crippen molar-refractivity contribution in [2.75, 3.05) is 6.61 Å². The van der Waals surface area contributed by atoms with Gasteiger partial charge in [0.2, 0.25) is 0 Å². The van der Waals surface area contributed by atoms with Gasteiger partial charge in [-0.2, -0.15) is 0 Å². The van der Waals surface area contributed by atoms with Gasteiger partial charge in [0.1, 0.15) is 6.10 Å². The molecule has 0 heterocycles. The van der Waals surface area contributed by atoms with Crippen molar-refractivity contribution in [1.82, 2.24) is 0 Å². The Kier molecular flexibility index (Phi) is 7.28. The number of carbonyl (C=O) groups excluding carboxylic acids is 1. The lowest BCUT2D eigenvalue weighted by Crippen LogP contribution is -2.42. The molecular formula is C19H26O4. The van der Waals surface area contributed by atoms with Crippen LogP contribution in [0.1, 0.15) is 40.2 Å². The lowest BCUT2D eigenvalue weighted by atomic mass is 9.86. The van der Waals surface area contributed by atoms with Gasteiger partial charge in [-0.3, -0.25) is 4.79 Å². The van der Waals surface area contributed by atoms with Crippen LogP contribution in [0, 0.1) is 17.3 Å². The lowest BCUT2D eigenvalue weighted by Gasteiger charge is -2.31. The molecule has 0 aliphatic rings. The first-order valence-corrected chi connectivity index (χ1v) is 7.86. The number of hydrogen-bond donors (Lipinski definition) is 1. The van der Waals surface area contributed by atoms with E-state index in [2.05, 4.69) is 11.8 Å². The third-order valence-electron chi connectivity index (χ3n) is 3.61. The Morgan fingerprint density at radius 1 is 1.26 bits per heavy atom. The van der Waals surface area contributed by atoms with Gasteiger partial charge in [0, 0.05) is 5.56 Å². The molecule has 1 N–H and O–H groups in total. The first-order chi connectivity index (χ1) is 10.8. The van der Waals surface area contributed by atoms with E-state index in [4.69, 9.17) is 9.47 Å². The Labute approximate surface area is 138 Å². The van der Waals surface area contributed by atoms with Crippen molar-refractivity contribution >= 4 is 5.97 Å². The Morgan fingerprint density at radius 2 is 1.87 bits per heavy atom. The molecule has 0 aromatic heterocycles. The molecule has 0 saturated carbocycles. The molecular weight excluding hydrogens is 292 g/mol. The number of hydrogen-bond acceptors (Lipinski definition) is 4. The van der Waals surface area contributed by atoms with Crippen LogP contribution >= 0.6 is 0 Å². The summed E-state index contributed by atoms with van der Waals surface area (Å²) in [5, 5.41) is 9.67. The van der Waals surface area contributed by atoms with Crippen molar-refractivity contribution in [3.63, 3.8) is 0 Å². The third-order valence-corrected chi connectivity index (χ3v) is 3.61. The largest absolute Gasteiger partial charge is 0.465 e. The van der Waals surface area contributed by atoms with Crippen molar-refractivity contribution in [2.45, 2.75) is 52.9 Å². The van der Waals surface area contributed by atoms with E-state index in [0.717, 1.165) is 5.56 Å². The molecule has 4 nitrogen and oxygen atoms in total. The Bertz CT molecular complexity index is 552. The van der Waals surface area contributed by atoms with Gasteiger partial charge in [0.15, 0.2) is 0 Å². The van der Waals surface area contributed by atoms with Crippen LogP contribution in [0.2, 0.25) is 0 Å². The van der Waals surface area contributed by atoms with Gasteiger partial charge in [0.05, 0.1) is 24.2 Å². The van der Waals surface area contributed by atoms with Crippen LogP contribution in [0.15, 0.2) is 30.3 Å². The normalized spacial score (nSPS) is 15.0. The maximum absolute atomic E-state index is 12.2. The van der Waals surface area contributed by atoms with Crippen molar-refractivity contribution in [3.05, 3.63) is 35.9 Å². The molecule has 1 aromatic rings. The number of carbonyl (C=O) groups is 1. The maximum atomic E-state index is 12.2. The maximum Gasteiger partial charge on any atom is 0.315 e. The fourth-order valence-corrected chi connectivity index (χ4v) is 1.81. The van der Waals surface area contributed by atoms with E-state index in [1.165, 1.54) is 0 Å². The zero-order valence-electron chi connectivity index (χ0n) is 14.5. The minimum atomic E-state index is -0.944. The van der Waals surface area contributed by atoms with Gasteiger partial charge >= 0.3 is 5.97 Å². The highest BCUT2D eigenvalue weighted by molar-refractivity contribution is 5.77. The van der Waals surface area contributed by atoms with E-state index < -0.39 is 23.7 Å². The van der Waals surface area contributed by atoms with Crippen molar-refractivity contribution in [2.24, 2.45) is 5.41 Å². The lowest BCUT2D eigenvalue weighted by molar-refractivity contribution is -0.164. The summed E-state index contributed by atoms with van der Waals surface area (Å²) in [6, 6.07) is 9.49. The summed E-state index contributed by atoms with van der Waals surface area (Å²) in [4.78, 5) is 12.2. The van der Waals surface area contributed by atoms with Crippen LogP contribution in [0.5, 0.6) is 0 Å². The fourth-order valence-electron chi connectivity index (χ4n) is 1.81. The second-order valence-corrected chi connectivity index (χ2v) is 6.04. The molecule has 4 heteroatoms. The summed E-state index contributed by atoms with van der Waals surface area (Å²) in [6.45, 7) is 8.94. The second-order valence-electron chi connectivity index (χ2n) is 6.04. The summed E-state index contributed by atoms with van der Waals surface area (Å²) >= 11 is 0. The Balaban J connectivity index is 3.07. The monoisotopic (exact) mass is 318 g/mol. The number of rotatable bonds is 6. The molecule has 1 rings (SSSR count). The molecule has 0 spiro atoms. The van der Waals surface area contributed by atoms with Crippen molar-refractivity contribution in [1.29, 1.82) is 0 Å². The highest BCUT2D eigenvalue weighted by Crippen LogP contribution is 2.27. The fraction of sp³-hybridized carbons (Fsp3) is 0.526. The number of aliphatic hydroxyl groups excluding tert-OH is 1. The van der Waals surface area contributed by atoms with Gasteiger partial charge < -0.3 is 14.6 Å². The van der Waals surface area contributed by atoms with E-state index in [9.17, 15) is 9.90 Å². The van der Waals surface area contributed by atoms with Gasteiger partial charge in [-0.15, -0.1) is 0 Å². The highest BCUT2D eigenvalue weighted by Gasteiger charge is 2.39. The average molecular weight is 318 g/mol. The highest BCUT2D eigenvalue weighted by atomic mass is 16.5. The van der Waals surface area contributed by atoms with Crippen molar-refractivity contribution in [3.8, 4) is 11.8 Å². The third kappa shape index (κ3) is 5.70. The summed E-state index contributed by atoms with van der Waals surface area (Å²) in [6.07, 6.45) is -1.79. The smallest absolute Gasteiger partial charge is 0.315 e. The Morgan fingerprint density at radius 3 is 2.39 bits per heavy atom. The Hall–Kier alpha value is -1.83. The molecule has 0 aliphatic carbocycles. The van der Waals surface area contributed by atoms with Crippen molar-refractivity contribution < 1.29 is 19.4 Å². The molecule has 0 unspecified atom stereocenters. The first kappa shape index (κ1) is 19.2. The molecule has 23 heavy (non-hydrogen) atoms. The van der Waals surface area contributed by atoms with Crippen LogP contribution in [-0.2, 0) is 14.3 Å². The molecule has 3 atom stereocenters. The van der Waals surface area contributed by atoms with E-state index >= 15 is 0 Å². The molecule has 0 aliphatic heterocycles. The number of ether oxygens (including phenoxy) is 2. The van der Waals surface area contributed by atoms with Crippen LogP contribution in [0.3, 0.4) is 0 Å². The first-order valence-electron chi connectivity index (χ1n) is 7.86. The van der Waals surface area contributed by atoms with Gasteiger partial charge in [-0.1, -0.05) is 30.0 Å². The van der Waals surface area contributed by atoms with Gasteiger partial charge in [-0.05, 0) is 46.8 Å². The average Bonchev–Trinajstić information content (AvgIpc) is 2.52. The molecule has 0 bridgehead atoms. The van der Waals surface area contributed by atoms with Gasteiger partial charge in [0.25, 0.3) is 0 Å². The summed E-state index contributed by atoms with van der Waals surface area (Å²) in [5.74, 6) is 5.67. The molecule has 126 valence electrons. The topological polar surface area (TPSA) is 55.8 Å². The predicted octanol–water partition coefficient (Wildman–Crippen LogP) is 2.78.